The molecule has 0 aliphatic rings. The first-order valence-electron chi connectivity index (χ1n) is 7.30. The quantitative estimate of drug-likeness (QED) is 0.775. The van der Waals surface area contributed by atoms with E-state index in [2.05, 4.69) is 53.2 Å². The first-order valence-corrected chi connectivity index (χ1v) is 7.68. The van der Waals surface area contributed by atoms with Gasteiger partial charge in [-0.15, -0.1) is 0 Å². The average molecular weight is 313 g/mol. The van der Waals surface area contributed by atoms with Gasteiger partial charge < -0.3 is 10.2 Å². The Morgan fingerprint density at radius 1 is 1.18 bits per heavy atom. The molecule has 2 aromatic rings. The van der Waals surface area contributed by atoms with E-state index in [9.17, 15) is 0 Å². The van der Waals surface area contributed by atoms with Crippen molar-refractivity contribution in [1.29, 1.82) is 0 Å². The molecule has 0 radical (unpaired) electrons. The third-order valence-corrected chi connectivity index (χ3v) is 3.62. The second-order valence-corrected chi connectivity index (χ2v) is 5.42. The fraction of sp³-hybridized carbons (Fsp3) is 0.158. The minimum atomic E-state index is 0.745. The first-order chi connectivity index (χ1) is 10.7. The molecule has 0 atom stereocenters. The summed E-state index contributed by atoms with van der Waals surface area (Å²) in [4.78, 5) is 2.28. The van der Waals surface area contributed by atoms with Gasteiger partial charge in [0, 0.05) is 23.0 Å². The summed E-state index contributed by atoms with van der Waals surface area (Å²) >= 11 is 6.15. The van der Waals surface area contributed by atoms with Crippen LogP contribution in [0.4, 0.5) is 5.69 Å². The number of halogens is 1. The molecule has 0 aromatic heterocycles. The van der Waals surface area contributed by atoms with E-state index in [4.69, 9.17) is 11.6 Å². The maximum atomic E-state index is 6.15. The summed E-state index contributed by atoms with van der Waals surface area (Å²) in [7, 11) is 0. The molecule has 0 spiro atoms. The maximum Gasteiger partial charge on any atom is 0.0580 e. The van der Waals surface area contributed by atoms with E-state index in [0.717, 1.165) is 29.5 Å². The van der Waals surface area contributed by atoms with Gasteiger partial charge >= 0.3 is 0 Å². The molecule has 0 aliphatic carbocycles. The lowest BCUT2D eigenvalue weighted by atomic mass is 10.2. The second-order valence-electron chi connectivity index (χ2n) is 4.98. The van der Waals surface area contributed by atoms with Crippen molar-refractivity contribution in [2.75, 3.05) is 11.4 Å². The highest BCUT2D eigenvalue weighted by atomic mass is 35.5. The van der Waals surface area contributed by atoms with Crippen LogP contribution >= 0.6 is 11.6 Å². The van der Waals surface area contributed by atoms with Crippen LogP contribution in [0, 0.1) is 0 Å². The number of nitrogens with zero attached hydrogens (tertiary/aromatic N) is 1. The van der Waals surface area contributed by atoms with E-state index >= 15 is 0 Å². The lowest BCUT2D eigenvalue weighted by molar-refractivity contribution is 0.810. The van der Waals surface area contributed by atoms with Crippen molar-refractivity contribution < 1.29 is 0 Å². The van der Waals surface area contributed by atoms with Crippen molar-refractivity contribution in [3.63, 3.8) is 0 Å². The maximum absolute atomic E-state index is 6.15. The highest BCUT2D eigenvalue weighted by molar-refractivity contribution is 6.30. The van der Waals surface area contributed by atoms with Crippen molar-refractivity contribution in [3.8, 4) is 0 Å². The number of rotatable bonds is 7. The highest BCUT2D eigenvalue weighted by Crippen LogP contribution is 2.22. The highest BCUT2D eigenvalue weighted by Gasteiger charge is 2.10. The van der Waals surface area contributed by atoms with Gasteiger partial charge in [-0.1, -0.05) is 60.7 Å². The summed E-state index contributed by atoms with van der Waals surface area (Å²) in [5, 5.41) is 3.93. The van der Waals surface area contributed by atoms with E-state index in [0.29, 0.717) is 0 Å². The summed E-state index contributed by atoms with van der Waals surface area (Å²) in [6.45, 7) is 7.33. The Morgan fingerprint density at radius 2 is 1.95 bits per heavy atom. The Hall–Kier alpha value is -2.19. The molecule has 1 N–H and O–H groups in total. The van der Waals surface area contributed by atoms with Gasteiger partial charge in [-0.25, -0.2) is 0 Å². The topological polar surface area (TPSA) is 15.3 Å². The molecule has 0 unspecified atom stereocenters. The first kappa shape index (κ1) is 16.2. The Kier molecular flexibility index (Phi) is 6.11. The van der Waals surface area contributed by atoms with Gasteiger partial charge in [-0.05, 0) is 36.9 Å². The predicted molar refractivity (Wildman–Crippen MR) is 96.0 cm³/mol. The van der Waals surface area contributed by atoms with Gasteiger partial charge in [0.15, 0.2) is 0 Å². The molecule has 0 bridgehead atoms. The fourth-order valence-electron chi connectivity index (χ4n) is 2.27. The van der Waals surface area contributed by atoms with Crippen LogP contribution in [0.2, 0.25) is 5.02 Å². The third-order valence-electron chi connectivity index (χ3n) is 3.39. The molecule has 0 fully saturated rings. The van der Waals surface area contributed by atoms with Gasteiger partial charge in [0.1, 0.15) is 0 Å². The summed E-state index contributed by atoms with van der Waals surface area (Å²) in [6.07, 6.45) is 3.76. The molecular formula is C19H21ClN2. The van der Waals surface area contributed by atoms with E-state index in [1.807, 2.05) is 31.2 Å². The Balaban J connectivity index is 2.25. The van der Waals surface area contributed by atoms with E-state index in [-0.39, 0.29) is 0 Å². The number of nitrogens with one attached hydrogen (secondary N) is 1. The second kappa shape index (κ2) is 8.30. The zero-order valence-electron chi connectivity index (χ0n) is 12.8. The van der Waals surface area contributed by atoms with Gasteiger partial charge in [0.2, 0.25) is 0 Å². The standard InChI is InChI=1S/C19H21ClN2/c1-3-18(21-4-2)15-22(14-16-9-6-5-7-10-16)19-12-8-11-17(20)13-19/h3-13,21H,2,14-15H2,1H3/b18-3-. The Bertz CT molecular complexity index is 635. The molecule has 2 aromatic carbocycles. The van der Waals surface area contributed by atoms with Gasteiger partial charge in [-0.3, -0.25) is 0 Å². The molecule has 0 amide bonds. The molecule has 114 valence electrons. The van der Waals surface area contributed by atoms with E-state index in [1.54, 1.807) is 6.20 Å². The van der Waals surface area contributed by atoms with E-state index < -0.39 is 0 Å². The lowest BCUT2D eigenvalue weighted by Crippen LogP contribution is -2.28. The molecule has 3 heteroatoms. The van der Waals surface area contributed by atoms with Gasteiger partial charge in [0.05, 0.1) is 6.54 Å². The van der Waals surface area contributed by atoms with Crippen molar-refractivity contribution >= 4 is 17.3 Å². The molecular weight excluding hydrogens is 292 g/mol. The zero-order chi connectivity index (χ0) is 15.8. The molecule has 0 saturated carbocycles. The van der Waals surface area contributed by atoms with Crippen LogP contribution in [0.3, 0.4) is 0 Å². The minimum Gasteiger partial charge on any atom is -0.364 e. The van der Waals surface area contributed by atoms with Crippen molar-refractivity contribution in [1.82, 2.24) is 5.32 Å². The van der Waals surface area contributed by atoms with E-state index in [1.165, 1.54) is 5.56 Å². The van der Waals surface area contributed by atoms with Crippen LogP contribution in [0.1, 0.15) is 12.5 Å². The molecule has 22 heavy (non-hydrogen) atoms. The van der Waals surface area contributed by atoms with Gasteiger partial charge in [0.25, 0.3) is 0 Å². The van der Waals surface area contributed by atoms with Gasteiger partial charge in [-0.2, -0.15) is 0 Å². The predicted octanol–water partition coefficient (Wildman–Crippen LogP) is 4.98. The Labute approximate surface area is 137 Å². The largest absolute Gasteiger partial charge is 0.364 e. The van der Waals surface area contributed by atoms with Crippen molar-refractivity contribution in [2.24, 2.45) is 0 Å². The van der Waals surface area contributed by atoms with Crippen LogP contribution in [0.15, 0.2) is 79.1 Å². The number of anilines is 1. The third kappa shape index (κ3) is 4.68. The Morgan fingerprint density at radius 3 is 2.59 bits per heavy atom. The molecule has 0 heterocycles. The number of hydrogen-bond donors (Lipinski definition) is 1. The average Bonchev–Trinajstić information content (AvgIpc) is 2.54. The summed E-state index contributed by atoms with van der Waals surface area (Å²) in [5.41, 5.74) is 3.46. The van der Waals surface area contributed by atoms with Crippen LogP contribution in [0.25, 0.3) is 0 Å². The summed E-state index contributed by atoms with van der Waals surface area (Å²) in [5.74, 6) is 0. The summed E-state index contributed by atoms with van der Waals surface area (Å²) in [6, 6.07) is 18.4. The molecule has 0 aliphatic heterocycles. The molecule has 2 nitrogen and oxygen atoms in total. The molecule has 0 saturated heterocycles. The lowest BCUT2D eigenvalue weighted by Gasteiger charge is -2.26. The minimum absolute atomic E-state index is 0.745. The molecule has 2 rings (SSSR count). The number of benzene rings is 2. The summed E-state index contributed by atoms with van der Waals surface area (Å²) < 4.78 is 0. The zero-order valence-corrected chi connectivity index (χ0v) is 13.6. The van der Waals surface area contributed by atoms with Crippen LogP contribution in [-0.2, 0) is 6.54 Å². The SMILES string of the molecule is C=CN/C(=C\C)CN(Cc1ccccc1)c1cccc(Cl)c1. The monoisotopic (exact) mass is 312 g/mol. The number of hydrogen-bond acceptors (Lipinski definition) is 2. The van der Waals surface area contributed by atoms with Crippen LogP contribution in [0.5, 0.6) is 0 Å². The van der Waals surface area contributed by atoms with Crippen molar-refractivity contribution in [2.45, 2.75) is 13.5 Å². The fourth-order valence-corrected chi connectivity index (χ4v) is 2.46. The van der Waals surface area contributed by atoms with Crippen LogP contribution in [-0.4, -0.2) is 6.54 Å². The van der Waals surface area contributed by atoms with Crippen LogP contribution < -0.4 is 10.2 Å². The van der Waals surface area contributed by atoms with Crippen molar-refractivity contribution in [3.05, 3.63) is 89.7 Å². The smallest absolute Gasteiger partial charge is 0.0580 e. The number of allylic oxidation sites excluding steroid dienone is 1. The normalized spacial score (nSPS) is 11.1.